The number of carbonyl (C=O) groups is 1. The third kappa shape index (κ3) is 6.68. The van der Waals surface area contributed by atoms with E-state index in [9.17, 15) is 13.2 Å². The summed E-state index contributed by atoms with van der Waals surface area (Å²) in [6.45, 7) is 2.45. The van der Waals surface area contributed by atoms with E-state index in [1.807, 2.05) is 43.3 Å². The molecular weight excluding hydrogens is 410 g/mol. The summed E-state index contributed by atoms with van der Waals surface area (Å²) in [5.41, 5.74) is 1.67. The summed E-state index contributed by atoms with van der Waals surface area (Å²) in [5.74, 6) is -0.242. The van der Waals surface area contributed by atoms with Gasteiger partial charge < -0.3 is 10.2 Å². The molecule has 0 aliphatic rings. The van der Waals surface area contributed by atoms with E-state index in [1.54, 1.807) is 25.1 Å². The molecule has 8 heteroatoms. The van der Waals surface area contributed by atoms with Crippen molar-refractivity contribution in [2.75, 3.05) is 27.2 Å². The van der Waals surface area contributed by atoms with E-state index in [1.165, 1.54) is 18.2 Å². The quantitative estimate of drug-likeness (QED) is 0.593. The lowest BCUT2D eigenvalue weighted by Gasteiger charge is -2.25. The number of nitrogens with zero attached hydrogens (tertiary/aromatic N) is 1. The van der Waals surface area contributed by atoms with Crippen molar-refractivity contribution in [2.45, 2.75) is 17.9 Å². The molecule has 29 heavy (non-hydrogen) atoms. The van der Waals surface area contributed by atoms with Gasteiger partial charge in [-0.15, -0.1) is 0 Å². The smallest absolute Gasteiger partial charge is 0.244 e. The molecule has 2 aromatic carbocycles. The molecule has 0 radical (unpaired) electrons. The summed E-state index contributed by atoms with van der Waals surface area (Å²) in [6, 6.07) is 13.8. The number of hydrogen-bond donors (Lipinski definition) is 2. The van der Waals surface area contributed by atoms with Crippen LogP contribution in [0.2, 0.25) is 5.02 Å². The monoisotopic (exact) mass is 435 g/mol. The Morgan fingerprint density at radius 2 is 1.79 bits per heavy atom. The molecule has 156 valence electrons. The maximum atomic E-state index is 12.2. The molecule has 0 spiro atoms. The van der Waals surface area contributed by atoms with Crippen LogP contribution in [0.3, 0.4) is 0 Å². The minimum Gasteiger partial charge on any atom is -0.351 e. The van der Waals surface area contributed by atoms with Crippen molar-refractivity contribution in [1.82, 2.24) is 14.9 Å². The summed E-state index contributed by atoms with van der Waals surface area (Å²) < 4.78 is 26.3. The minimum absolute atomic E-state index is 0.0587. The lowest BCUT2D eigenvalue weighted by molar-refractivity contribution is -0.116. The SMILES string of the molecule is CCNS(=O)(=O)c1ccc(/C=C/C(=O)NCC(c2ccccc2Cl)N(C)C)cc1. The molecule has 0 aromatic heterocycles. The Hall–Kier alpha value is -2.19. The Balaban J connectivity index is 1.99. The molecule has 1 atom stereocenters. The molecule has 6 nitrogen and oxygen atoms in total. The molecule has 2 rings (SSSR count). The fourth-order valence-corrected chi connectivity index (χ4v) is 4.08. The van der Waals surface area contributed by atoms with Crippen LogP contribution in [-0.2, 0) is 14.8 Å². The van der Waals surface area contributed by atoms with E-state index in [4.69, 9.17) is 11.6 Å². The van der Waals surface area contributed by atoms with Crippen molar-refractivity contribution >= 4 is 33.6 Å². The van der Waals surface area contributed by atoms with Crippen LogP contribution in [0.5, 0.6) is 0 Å². The van der Waals surface area contributed by atoms with Gasteiger partial charge in [-0.2, -0.15) is 0 Å². The zero-order valence-electron chi connectivity index (χ0n) is 16.7. The second-order valence-corrected chi connectivity index (χ2v) is 8.82. The molecule has 0 aliphatic heterocycles. The highest BCUT2D eigenvalue weighted by Gasteiger charge is 2.17. The zero-order chi connectivity index (χ0) is 21.4. The predicted octanol–water partition coefficient (Wildman–Crippen LogP) is 3.07. The average Bonchev–Trinajstić information content (AvgIpc) is 2.68. The Kier molecular flexibility index (Phi) is 8.40. The second-order valence-electron chi connectivity index (χ2n) is 6.65. The van der Waals surface area contributed by atoms with Crippen LogP contribution in [-0.4, -0.2) is 46.4 Å². The van der Waals surface area contributed by atoms with Crippen LogP contribution >= 0.6 is 11.6 Å². The summed E-state index contributed by atoms with van der Waals surface area (Å²) in [6.07, 6.45) is 3.06. The fraction of sp³-hybridized carbons (Fsp3) is 0.286. The van der Waals surface area contributed by atoms with Crippen LogP contribution in [0, 0.1) is 0 Å². The van der Waals surface area contributed by atoms with Gasteiger partial charge in [-0.05, 0) is 49.5 Å². The maximum absolute atomic E-state index is 12.2. The molecule has 0 heterocycles. The molecule has 0 aliphatic carbocycles. The third-order valence-electron chi connectivity index (χ3n) is 4.31. The highest BCUT2D eigenvalue weighted by Crippen LogP contribution is 2.25. The van der Waals surface area contributed by atoms with Gasteiger partial charge in [0.15, 0.2) is 0 Å². The standard InChI is InChI=1S/C21H26ClN3O3S/c1-4-24-29(27,28)17-12-9-16(10-13-17)11-14-21(26)23-15-20(25(2)3)18-7-5-6-8-19(18)22/h5-14,20,24H,4,15H2,1-3H3,(H,23,26)/b14-11+. The second kappa shape index (κ2) is 10.5. The number of amides is 1. The minimum atomic E-state index is -3.48. The Morgan fingerprint density at radius 3 is 2.38 bits per heavy atom. The average molecular weight is 436 g/mol. The molecule has 0 saturated carbocycles. The number of rotatable bonds is 9. The molecule has 1 amide bonds. The van der Waals surface area contributed by atoms with Gasteiger partial charge in [0.1, 0.15) is 0 Å². The topological polar surface area (TPSA) is 78.5 Å². The van der Waals surface area contributed by atoms with Gasteiger partial charge in [0.2, 0.25) is 15.9 Å². The van der Waals surface area contributed by atoms with Gasteiger partial charge in [0, 0.05) is 24.2 Å². The molecule has 0 saturated heterocycles. The van der Waals surface area contributed by atoms with E-state index in [0.717, 1.165) is 11.1 Å². The van der Waals surface area contributed by atoms with E-state index in [0.29, 0.717) is 18.1 Å². The highest BCUT2D eigenvalue weighted by molar-refractivity contribution is 7.89. The van der Waals surface area contributed by atoms with Gasteiger partial charge in [0.25, 0.3) is 0 Å². The van der Waals surface area contributed by atoms with Crippen molar-refractivity contribution in [3.63, 3.8) is 0 Å². The number of halogens is 1. The van der Waals surface area contributed by atoms with Crippen molar-refractivity contribution in [3.8, 4) is 0 Å². The number of hydrogen-bond acceptors (Lipinski definition) is 4. The number of benzene rings is 2. The van der Waals surface area contributed by atoms with Crippen LogP contribution in [0.1, 0.15) is 24.1 Å². The van der Waals surface area contributed by atoms with E-state index in [2.05, 4.69) is 10.0 Å². The van der Waals surface area contributed by atoms with Gasteiger partial charge in [-0.3, -0.25) is 4.79 Å². The molecule has 1 unspecified atom stereocenters. The lowest BCUT2D eigenvalue weighted by atomic mass is 10.1. The van der Waals surface area contributed by atoms with Gasteiger partial charge >= 0.3 is 0 Å². The first kappa shape index (κ1) is 23.1. The third-order valence-corrected chi connectivity index (χ3v) is 6.21. The van der Waals surface area contributed by atoms with Crippen molar-refractivity contribution in [3.05, 3.63) is 70.8 Å². The summed E-state index contributed by atoms with van der Waals surface area (Å²) in [7, 11) is 0.376. The molecular formula is C21H26ClN3O3S. The molecule has 2 N–H and O–H groups in total. The lowest BCUT2D eigenvalue weighted by Crippen LogP contribution is -2.33. The van der Waals surface area contributed by atoms with Gasteiger partial charge in [0.05, 0.1) is 10.9 Å². The van der Waals surface area contributed by atoms with Crippen LogP contribution < -0.4 is 10.0 Å². The first-order valence-corrected chi connectivity index (χ1v) is 11.1. The van der Waals surface area contributed by atoms with Crippen molar-refractivity contribution < 1.29 is 13.2 Å². The highest BCUT2D eigenvalue weighted by atomic mass is 35.5. The van der Waals surface area contributed by atoms with E-state index in [-0.39, 0.29) is 16.8 Å². The van der Waals surface area contributed by atoms with Crippen LogP contribution in [0.15, 0.2) is 59.5 Å². The Bertz CT molecular complexity index is 957. The maximum Gasteiger partial charge on any atom is 0.244 e. The first-order valence-electron chi connectivity index (χ1n) is 9.21. The molecule has 0 bridgehead atoms. The first-order chi connectivity index (χ1) is 13.7. The number of nitrogens with one attached hydrogen (secondary N) is 2. The van der Waals surface area contributed by atoms with Gasteiger partial charge in [-0.25, -0.2) is 13.1 Å². The largest absolute Gasteiger partial charge is 0.351 e. The number of sulfonamides is 1. The molecule has 2 aromatic rings. The van der Waals surface area contributed by atoms with Crippen molar-refractivity contribution in [1.29, 1.82) is 0 Å². The normalized spacial score (nSPS) is 13.0. The summed E-state index contributed by atoms with van der Waals surface area (Å²) >= 11 is 6.28. The predicted molar refractivity (Wildman–Crippen MR) is 117 cm³/mol. The fourth-order valence-electron chi connectivity index (χ4n) is 2.78. The Morgan fingerprint density at radius 1 is 1.14 bits per heavy atom. The van der Waals surface area contributed by atoms with Gasteiger partial charge in [-0.1, -0.05) is 48.9 Å². The zero-order valence-corrected chi connectivity index (χ0v) is 18.3. The molecule has 0 fully saturated rings. The summed E-state index contributed by atoms with van der Waals surface area (Å²) in [4.78, 5) is 14.4. The van der Waals surface area contributed by atoms with Crippen LogP contribution in [0.4, 0.5) is 0 Å². The number of likely N-dealkylation sites (N-methyl/N-ethyl adjacent to an activating group) is 1. The van der Waals surface area contributed by atoms with Crippen molar-refractivity contribution in [2.24, 2.45) is 0 Å². The van der Waals surface area contributed by atoms with E-state index >= 15 is 0 Å². The summed E-state index contributed by atoms with van der Waals surface area (Å²) in [5, 5.41) is 3.54. The Labute approximate surface area is 177 Å². The van der Waals surface area contributed by atoms with E-state index < -0.39 is 10.0 Å². The van der Waals surface area contributed by atoms with Crippen LogP contribution in [0.25, 0.3) is 6.08 Å². The number of carbonyl (C=O) groups excluding carboxylic acids is 1.